The number of ether oxygens (including phenoxy) is 6. The number of hydrogen-bond acceptors (Lipinski definition) is 13. The predicted octanol–water partition coefficient (Wildman–Crippen LogP) is 0.254. The molecular formula is C27H44O13. The average Bonchev–Trinajstić information content (AvgIpc) is 3.70. The first-order valence-electron chi connectivity index (χ1n) is 14.5. The molecule has 0 aromatic carbocycles. The monoisotopic (exact) mass is 576 g/mol. The topological polar surface area (TPSA) is 197 Å². The summed E-state index contributed by atoms with van der Waals surface area (Å²) in [4.78, 5) is 0. The van der Waals surface area contributed by atoms with Gasteiger partial charge in [0.2, 0.25) is 0 Å². The van der Waals surface area contributed by atoms with Gasteiger partial charge in [0, 0.05) is 6.42 Å². The predicted molar refractivity (Wildman–Crippen MR) is 135 cm³/mol. The molecule has 13 atom stereocenters. The molecule has 230 valence electrons. The van der Waals surface area contributed by atoms with Gasteiger partial charge in [0.1, 0.15) is 36.6 Å². The molecule has 0 aromatic rings. The zero-order valence-corrected chi connectivity index (χ0v) is 22.9. The highest BCUT2D eigenvalue weighted by Gasteiger charge is 2.57. The van der Waals surface area contributed by atoms with Crippen LogP contribution < -0.4 is 0 Å². The fourth-order valence-corrected chi connectivity index (χ4v) is 6.44. The maximum Gasteiger partial charge on any atom is 0.313 e. The second-order valence-corrected chi connectivity index (χ2v) is 11.9. The van der Waals surface area contributed by atoms with Crippen molar-refractivity contribution < 1.29 is 64.2 Å². The van der Waals surface area contributed by atoms with Crippen LogP contribution >= 0.6 is 0 Å². The van der Waals surface area contributed by atoms with E-state index in [-0.39, 0.29) is 18.1 Å². The van der Waals surface area contributed by atoms with Gasteiger partial charge in [-0.05, 0) is 44.9 Å². The number of allylic oxidation sites excluding steroid dienone is 1. The Labute approximate surface area is 233 Å². The molecule has 40 heavy (non-hydrogen) atoms. The fraction of sp³-hybridized carbons (Fsp3) is 0.926. The zero-order chi connectivity index (χ0) is 28.8. The summed E-state index contributed by atoms with van der Waals surface area (Å²) < 4.78 is 36.9. The van der Waals surface area contributed by atoms with E-state index in [1.165, 1.54) is 0 Å². The highest BCUT2D eigenvalue weighted by atomic mass is 16.7. The SMILES string of the molecule is CCC1CCC[C@@H](O[C@@H]2O[C@@H](CO)[C@H](O)C3OC(=C(O)O)CCC4(CC4)OC32)C1O[C@@H]1OC(C)[C@@H](O)C(O)[C@@H]1O. The molecule has 1 spiro atoms. The molecule has 2 aliphatic carbocycles. The second kappa shape index (κ2) is 12.2. The summed E-state index contributed by atoms with van der Waals surface area (Å²) in [6.07, 6.45) is -7.66. The summed E-state index contributed by atoms with van der Waals surface area (Å²) in [5.74, 6) is -1.01. The van der Waals surface area contributed by atoms with Crippen molar-refractivity contribution in [2.75, 3.05) is 6.61 Å². The van der Waals surface area contributed by atoms with Gasteiger partial charge in [0.15, 0.2) is 24.4 Å². The van der Waals surface area contributed by atoms with Crippen LogP contribution in [0.3, 0.4) is 0 Å². The third-order valence-electron chi connectivity index (χ3n) is 9.16. The summed E-state index contributed by atoms with van der Waals surface area (Å²) in [7, 11) is 0. The Hall–Kier alpha value is -1.26. The van der Waals surface area contributed by atoms with E-state index in [9.17, 15) is 35.7 Å². The summed E-state index contributed by atoms with van der Waals surface area (Å²) in [5, 5.41) is 71.6. The first kappa shape index (κ1) is 30.2. The van der Waals surface area contributed by atoms with Gasteiger partial charge in [0.05, 0.1) is 30.5 Å². The Morgan fingerprint density at radius 3 is 2.30 bits per heavy atom. The molecule has 6 unspecified atom stereocenters. The molecule has 2 saturated carbocycles. The normalized spacial score (nSPS) is 47.1. The van der Waals surface area contributed by atoms with Crippen LogP contribution in [0.5, 0.6) is 0 Å². The number of fused-ring (bicyclic) bond motifs is 1. The number of aliphatic hydroxyl groups excluding tert-OH is 6. The first-order chi connectivity index (χ1) is 19.1. The molecule has 13 nitrogen and oxygen atoms in total. The van der Waals surface area contributed by atoms with Crippen molar-refractivity contribution in [2.24, 2.45) is 5.92 Å². The van der Waals surface area contributed by atoms with E-state index < -0.39 is 91.8 Å². The Morgan fingerprint density at radius 1 is 0.900 bits per heavy atom. The van der Waals surface area contributed by atoms with Crippen molar-refractivity contribution in [3.63, 3.8) is 0 Å². The van der Waals surface area contributed by atoms with Crippen LogP contribution in [0.25, 0.3) is 0 Å². The van der Waals surface area contributed by atoms with Crippen molar-refractivity contribution >= 4 is 0 Å². The Kier molecular flexibility index (Phi) is 9.18. The molecule has 3 saturated heterocycles. The van der Waals surface area contributed by atoms with Crippen LogP contribution in [0.2, 0.25) is 0 Å². The molecule has 5 rings (SSSR count). The van der Waals surface area contributed by atoms with Crippen LogP contribution in [-0.2, 0) is 28.4 Å². The van der Waals surface area contributed by atoms with E-state index in [0.29, 0.717) is 12.8 Å². The van der Waals surface area contributed by atoms with Crippen LogP contribution in [-0.4, -0.2) is 122 Å². The second-order valence-electron chi connectivity index (χ2n) is 11.9. The zero-order valence-electron chi connectivity index (χ0n) is 22.9. The summed E-state index contributed by atoms with van der Waals surface area (Å²) in [6.45, 7) is 3.07. The summed E-state index contributed by atoms with van der Waals surface area (Å²) in [5.41, 5.74) is -0.536. The Bertz CT molecular complexity index is 892. The van der Waals surface area contributed by atoms with Gasteiger partial charge in [-0.3, -0.25) is 0 Å². The molecule has 0 amide bonds. The van der Waals surface area contributed by atoms with E-state index in [4.69, 9.17) is 28.4 Å². The quantitative estimate of drug-likeness (QED) is 0.213. The van der Waals surface area contributed by atoms with E-state index in [1.807, 2.05) is 6.92 Å². The van der Waals surface area contributed by atoms with Gasteiger partial charge < -0.3 is 64.2 Å². The van der Waals surface area contributed by atoms with Crippen LogP contribution in [0, 0.1) is 5.92 Å². The van der Waals surface area contributed by atoms with E-state index >= 15 is 0 Å². The molecule has 0 radical (unpaired) electrons. The summed E-state index contributed by atoms with van der Waals surface area (Å²) in [6, 6.07) is 0. The lowest BCUT2D eigenvalue weighted by molar-refractivity contribution is -0.356. The van der Waals surface area contributed by atoms with Crippen molar-refractivity contribution in [2.45, 2.75) is 144 Å². The average molecular weight is 577 g/mol. The van der Waals surface area contributed by atoms with E-state index in [1.54, 1.807) is 6.92 Å². The minimum atomic E-state index is -1.47. The maximum absolute atomic E-state index is 11.0. The minimum absolute atomic E-state index is 0.0256. The van der Waals surface area contributed by atoms with Gasteiger partial charge in [-0.25, -0.2) is 0 Å². The Balaban J connectivity index is 1.40. The molecule has 0 aromatic heterocycles. The standard InChI is InChI=1S/C27H44O13/c1-3-13-5-4-6-14(21(13)39-25-20(32)19(31)17(29)12(2)35-25)37-26-23-22(18(30)16(11-28)38-26)36-15(24(33)34)7-8-27(40-23)9-10-27/h12-14,16-23,25-26,28-34H,3-11H2,1-2H3/t12?,13?,14-,16+,17-,18+,19?,20+,21?,22?,23?,25+,26-/m1/s1. The van der Waals surface area contributed by atoms with Gasteiger partial charge in [-0.2, -0.15) is 0 Å². The highest BCUT2D eigenvalue weighted by molar-refractivity contribution is 5.08. The fourth-order valence-electron chi connectivity index (χ4n) is 6.44. The van der Waals surface area contributed by atoms with Crippen molar-refractivity contribution in [1.29, 1.82) is 0 Å². The maximum atomic E-state index is 11.0. The number of hydrogen-bond donors (Lipinski definition) is 7. The Morgan fingerprint density at radius 2 is 1.65 bits per heavy atom. The lowest BCUT2D eigenvalue weighted by atomic mass is 9.82. The van der Waals surface area contributed by atoms with Crippen LogP contribution in [0.1, 0.15) is 65.2 Å². The highest BCUT2D eigenvalue weighted by Crippen LogP contribution is 2.49. The van der Waals surface area contributed by atoms with E-state index in [2.05, 4.69) is 0 Å². The first-order valence-corrected chi connectivity index (χ1v) is 14.5. The lowest BCUT2D eigenvalue weighted by Crippen LogP contribution is -2.63. The molecule has 7 N–H and O–H groups in total. The largest absolute Gasteiger partial charge is 0.482 e. The van der Waals surface area contributed by atoms with Crippen LogP contribution in [0.15, 0.2) is 11.7 Å². The third-order valence-corrected chi connectivity index (χ3v) is 9.16. The number of rotatable bonds is 6. The summed E-state index contributed by atoms with van der Waals surface area (Å²) >= 11 is 0. The van der Waals surface area contributed by atoms with Gasteiger partial charge in [-0.1, -0.05) is 19.8 Å². The van der Waals surface area contributed by atoms with E-state index in [0.717, 1.165) is 32.1 Å². The molecule has 5 aliphatic rings. The van der Waals surface area contributed by atoms with Gasteiger partial charge in [0.25, 0.3) is 0 Å². The third kappa shape index (κ3) is 5.96. The molecular weight excluding hydrogens is 532 g/mol. The molecule has 0 bridgehead atoms. The molecule has 3 aliphatic heterocycles. The van der Waals surface area contributed by atoms with Crippen molar-refractivity contribution in [3.8, 4) is 0 Å². The van der Waals surface area contributed by atoms with Gasteiger partial charge >= 0.3 is 5.95 Å². The molecule has 5 fully saturated rings. The lowest BCUT2D eigenvalue weighted by Gasteiger charge is -2.49. The number of aliphatic hydroxyl groups is 7. The smallest absolute Gasteiger partial charge is 0.313 e. The van der Waals surface area contributed by atoms with Crippen molar-refractivity contribution in [3.05, 3.63) is 11.7 Å². The molecule has 3 heterocycles. The van der Waals surface area contributed by atoms with Gasteiger partial charge in [-0.15, -0.1) is 0 Å². The minimum Gasteiger partial charge on any atom is -0.482 e. The van der Waals surface area contributed by atoms with Crippen molar-refractivity contribution in [1.82, 2.24) is 0 Å². The van der Waals surface area contributed by atoms with Crippen LogP contribution in [0.4, 0.5) is 0 Å². The molecule has 13 heteroatoms.